The molecule has 0 saturated heterocycles. The quantitative estimate of drug-likeness (QED) is 0.866. The molecule has 0 bridgehead atoms. The maximum atomic E-state index is 13.7. The van der Waals surface area contributed by atoms with Crippen LogP contribution in [0.3, 0.4) is 0 Å². The molecule has 25 heavy (non-hydrogen) atoms. The van der Waals surface area contributed by atoms with Crippen LogP contribution in [-0.2, 0) is 10.2 Å². The zero-order chi connectivity index (χ0) is 18.2. The highest BCUT2D eigenvalue weighted by Gasteiger charge is 2.60. The van der Waals surface area contributed by atoms with E-state index in [0.29, 0.717) is 29.3 Å². The molecule has 6 nitrogen and oxygen atoms in total. The maximum absolute atomic E-state index is 13.7. The van der Waals surface area contributed by atoms with Gasteiger partial charge in [-0.05, 0) is 38.0 Å². The molecule has 0 radical (unpaired) electrons. The van der Waals surface area contributed by atoms with Gasteiger partial charge in [-0.3, -0.25) is 4.79 Å². The normalized spacial score (nSPS) is 21.7. The van der Waals surface area contributed by atoms with Crippen molar-refractivity contribution in [2.75, 3.05) is 13.7 Å². The molecule has 1 N–H and O–H groups in total. The number of methoxy groups -OCH3 is 1. The molecular weight excluding hydrogens is 327 g/mol. The first-order valence-corrected chi connectivity index (χ1v) is 7.87. The number of carboxylic acids is 1. The number of ether oxygens (including phenoxy) is 2. The molecule has 1 heterocycles. The Morgan fingerprint density at radius 3 is 2.76 bits per heavy atom. The summed E-state index contributed by atoms with van der Waals surface area (Å²) in [6, 6.07) is 4.41. The van der Waals surface area contributed by atoms with Crippen LogP contribution in [0.1, 0.15) is 23.5 Å². The fourth-order valence-corrected chi connectivity index (χ4v) is 3.08. The second-order valence-electron chi connectivity index (χ2n) is 6.26. The van der Waals surface area contributed by atoms with Gasteiger partial charge < -0.3 is 14.6 Å². The zero-order valence-corrected chi connectivity index (χ0v) is 14.2. The van der Waals surface area contributed by atoms with E-state index in [0.717, 1.165) is 0 Å². The standard InChI is InChI=1S/C18H19FN2O4/c1-10-16(8-20-11(2)21-10)25-9-18(7-13(18)17(22)23)12-4-5-14(19)15(6-12)24-3/h4-6,8,13H,7,9H2,1-3H3,(H,22,23)/t13-,18+/m0/s1. The molecule has 0 aliphatic heterocycles. The third-order valence-electron chi connectivity index (χ3n) is 4.64. The van der Waals surface area contributed by atoms with Crippen molar-refractivity contribution in [3.05, 3.63) is 47.3 Å². The molecule has 1 aliphatic carbocycles. The van der Waals surface area contributed by atoms with Gasteiger partial charge in [0, 0.05) is 5.41 Å². The van der Waals surface area contributed by atoms with Gasteiger partial charge in [0.1, 0.15) is 5.82 Å². The van der Waals surface area contributed by atoms with Crippen molar-refractivity contribution in [1.82, 2.24) is 9.97 Å². The van der Waals surface area contributed by atoms with Crippen LogP contribution in [0, 0.1) is 25.6 Å². The Morgan fingerprint density at radius 1 is 1.40 bits per heavy atom. The van der Waals surface area contributed by atoms with E-state index in [1.165, 1.54) is 13.2 Å². The highest BCUT2D eigenvalue weighted by molar-refractivity contribution is 5.77. The highest BCUT2D eigenvalue weighted by Crippen LogP contribution is 2.55. The third-order valence-corrected chi connectivity index (χ3v) is 4.64. The summed E-state index contributed by atoms with van der Waals surface area (Å²) in [5.74, 6) is -0.744. The number of carbonyl (C=O) groups is 1. The minimum atomic E-state index is -0.899. The lowest BCUT2D eigenvalue weighted by atomic mass is 9.93. The van der Waals surface area contributed by atoms with Gasteiger partial charge >= 0.3 is 5.97 Å². The molecule has 1 fully saturated rings. The highest BCUT2D eigenvalue weighted by atomic mass is 19.1. The summed E-state index contributed by atoms with van der Waals surface area (Å²) >= 11 is 0. The first-order valence-electron chi connectivity index (χ1n) is 7.87. The van der Waals surface area contributed by atoms with Gasteiger partial charge in [0.2, 0.25) is 0 Å². The molecule has 3 rings (SSSR count). The van der Waals surface area contributed by atoms with E-state index in [1.807, 2.05) is 0 Å². The Hall–Kier alpha value is -2.70. The Morgan fingerprint density at radius 2 is 2.16 bits per heavy atom. The lowest BCUT2D eigenvalue weighted by Gasteiger charge is -2.19. The summed E-state index contributed by atoms with van der Waals surface area (Å²) in [6.07, 6.45) is 2.00. The van der Waals surface area contributed by atoms with Crippen molar-refractivity contribution in [2.45, 2.75) is 25.7 Å². The van der Waals surface area contributed by atoms with Gasteiger partial charge in [0.05, 0.1) is 31.5 Å². The average Bonchev–Trinajstić information content (AvgIpc) is 3.31. The van der Waals surface area contributed by atoms with Crippen LogP contribution in [0.2, 0.25) is 0 Å². The van der Waals surface area contributed by atoms with E-state index in [9.17, 15) is 14.3 Å². The predicted octanol–water partition coefficient (Wildman–Crippen LogP) is 2.66. The minimum absolute atomic E-state index is 0.0859. The van der Waals surface area contributed by atoms with Gasteiger partial charge in [0.25, 0.3) is 0 Å². The molecule has 132 valence electrons. The number of aromatic nitrogens is 2. The van der Waals surface area contributed by atoms with Gasteiger partial charge in [-0.15, -0.1) is 0 Å². The Labute approximate surface area is 144 Å². The summed E-state index contributed by atoms with van der Waals surface area (Å²) in [5, 5.41) is 9.43. The van der Waals surface area contributed by atoms with Crippen LogP contribution >= 0.6 is 0 Å². The first-order chi connectivity index (χ1) is 11.9. The molecule has 2 atom stereocenters. The topological polar surface area (TPSA) is 81.5 Å². The number of nitrogens with zero attached hydrogens (tertiary/aromatic N) is 2. The summed E-state index contributed by atoms with van der Waals surface area (Å²) < 4.78 is 24.5. The molecule has 0 amide bonds. The largest absolute Gasteiger partial charge is 0.494 e. The van der Waals surface area contributed by atoms with E-state index >= 15 is 0 Å². The Kier molecular flexibility index (Phi) is 4.32. The van der Waals surface area contributed by atoms with Crippen LogP contribution in [0.25, 0.3) is 0 Å². The van der Waals surface area contributed by atoms with Crippen molar-refractivity contribution in [1.29, 1.82) is 0 Å². The third kappa shape index (κ3) is 3.14. The van der Waals surface area contributed by atoms with Crippen LogP contribution in [-0.4, -0.2) is 34.8 Å². The molecule has 2 aromatic rings. The SMILES string of the molecule is COc1cc([C@]2(COc3cnc(C)nc3C)C[C@H]2C(=O)O)ccc1F. The average molecular weight is 346 g/mol. The number of aryl methyl sites for hydroxylation is 2. The predicted molar refractivity (Wildman–Crippen MR) is 87.4 cm³/mol. The smallest absolute Gasteiger partial charge is 0.307 e. The number of hydrogen-bond acceptors (Lipinski definition) is 5. The number of benzene rings is 1. The fraction of sp³-hybridized carbons (Fsp3) is 0.389. The second kappa shape index (κ2) is 6.31. The minimum Gasteiger partial charge on any atom is -0.494 e. The van der Waals surface area contributed by atoms with Crippen molar-refractivity contribution < 1.29 is 23.8 Å². The van der Waals surface area contributed by atoms with Crippen molar-refractivity contribution >= 4 is 5.97 Å². The van der Waals surface area contributed by atoms with Gasteiger partial charge in [-0.2, -0.15) is 0 Å². The van der Waals surface area contributed by atoms with Crippen molar-refractivity contribution in [3.63, 3.8) is 0 Å². The number of carboxylic acid groups (broad SMARTS) is 1. The van der Waals surface area contributed by atoms with Crippen LogP contribution in [0.15, 0.2) is 24.4 Å². The molecular formula is C18H19FN2O4. The number of rotatable bonds is 6. The lowest BCUT2D eigenvalue weighted by molar-refractivity contribution is -0.139. The molecule has 0 spiro atoms. The molecule has 1 aliphatic rings. The van der Waals surface area contributed by atoms with Crippen molar-refractivity contribution in [3.8, 4) is 11.5 Å². The van der Waals surface area contributed by atoms with E-state index in [-0.39, 0.29) is 12.4 Å². The van der Waals surface area contributed by atoms with E-state index < -0.39 is 23.1 Å². The number of hydrogen-bond donors (Lipinski definition) is 1. The first kappa shape index (κ1) is 17.1. The molecule has 0 unspecified atom stereocenters. The Bertz CT molecular complexity index is 827. The fourth-order valence-electron chi connectivity index (χ4n) is 3.08. The second-order valence-corrected chi connectivity index (χ2v) is 6.26. The summed E-state index contributed by atoms with van der Waals surface area (Å²) in [7, 11) is 1.37. The zero-order valence-electron chi connectivity index (χ0n) is 14.2. The maximum Gasteiger partial charge on any atom is 0.307 e. The summed E-state index contributed by atoms with van der Waals surface area (Å²) in [4.78, 5) is 19.9. The van der Waals surface area contributed by atoms with Gasteiger partial charge in [-0.1, -0.05) is 6.07 Å². The van der Waals surface area contributed by atoms with Crippen molar-refractivity contribution in [2.24, 2.45) is 5.92 Å². The Balaban J connectivity index is 1.89. The van der Waals surface area contributed by atoms with Gasteiger partial charge in [-0.25, -0.2) is 14.4 Å². The molecule has 1 aromatic carbocycles. The van der Waals surface area contributed by atoms with Gasteiger partial charge in [0.15, 0.2) is 17.3 Å². The number of aliphatic carboxylic acids is 1. The van der Waals surface area contributed by atoms with Crippen LogP contribution in [0.4, 0.5) is 4.39 Å². The summed E-state index contributed by atoms with van der Waals surface area (Å²) in [6.45, 7) is 3.73. The van der Waals surface area contributed by atoms with E-state index in [2.05, 4.69) is 9.97 Å². The monoisotopic (exact) mass is 346 g/mol. The van der Waals surface area contributed by atoms with E-state index in [4.69, 9.17) is 9.47 Å². The van der Waals surface area contributed by atoms with Crippen LogP contribution in [0.5, 0.6) is 11.5 Å². The lowest BCUT2D eigenvalue weighted by Crippen LogP contribution is -2.24. The van der Waals surface area contributed by atoms with E-state index in [1.54, 1.807) is 32.2 Å². The number of halogens is 1. The van der Waals surface area contributed by atoms with Crippen LogP contribution < -0.4 is 9.47 Å². The summed E-state index contributed by atoms with van der Waals surface area (Å²) in [5.41, 5.74) is 0.653. The molecule has 1 aromatic heterocycles. The molecule has 1 saturated carbocycles. The molecule has 7 heteroatoms.